The van der Waals surface area contributed by atoms with Crippen molar-refractivity contribution in [3.8, 4) is 0 Å². The Morgan fingerprint density at radius 3 is 2.80 bits per heavy atom. The molecule has 1 saturated carbocycles. The number of aromatic nitrogens is 2. The lowest BCUT2D eigenvalue weighted by Crippen LogP contribution is -2.26. The third kappa shape index (κ3) is 2.72. The fourth-order valence-corrected chi connectivity index (χ4v) is 1.77. The zero-order valence-corrected chi connectivity index (χ0v) is 9.54. The van der Waals surface area contributed by atoms with E-state index < -0.39 is 0 Å². The van der Waals surface area contributed by atoms with Crippen molar-refractivity contribution in [1.29, 1.82) is 0 Å². The van der Waals surface area contributed by atoms with Crippen molar-refractivity contribution < 1.29 is 0 Å². The van der Waals surface area contributed by atoms with Crippen molar-refractivity contribution >= 4 is 23.4 Å². The molecule has 0 bridgehead atoms. The van der Waals surface area contributed by atoms with Crippen LogP contribution in [0.1, 0.15) is 19.8 Å². The number of hydrogen-bond donors (Lipinski definition) is 1. The van der Waals surface area contributed by atoms with Crippen molar-refractivity contribution in [2.45, 2.75) is 19.8 Å². The van der Waals surface area contributed by atoms with Gasteiger partial charge in [-0.25, -0.2) is 4.98 Å². The summed E-state index contributed by atoms with van der Waals surface area (Å²) in [7, 11) is 0. The van der Waals surface area contributed by atoms with E-state index in [0.29, 0.717) is 5.15 Å². The van der Waals surface area contributed by atoms with Gasteiger partial charge < -0.3 is 10.6 Å². The Morgan fingerprint density at radius 1 is 1.53 bits per heavy atom. The summed E-state index contributed by atoms with van der Waals surface area (Å²) in [5.41, 5.74) is 5.57. The molecule has 0 amide bonds. The maximum atomic E-state index is 5.85. The molecule has 5 heteroatoms. The van der Waals surface area contributed by atoms with Gasteiger partial charge in [-0.2, -0.15) is 4.98 Å². The van der Waals surface area contributed by atoms with Gasteiger partial charge in [-0.05, 0) is 25.7 Å². The van der Waals surface area contributed by atoms with Gasteiger partial charge in [-0.1, -0.05) is 11.6 Å². The van der Waals surface area contributed by atoms with E-state index in [1.54, 1.807) is 6.07 Å². The van der Waals surface area contributed by atoms with Crippen molar-refractivity contribution in [3.63, 3.8) is 0 Å². The molecule has 2 rings (SSSR count). The summed E-state index contributed by atoms with van der Waals surface area (Å²) in [5.74, 6) is 1.90. The van der Waals surface area contributed by atoms with Crippen LogP contribution < -0.4 is 10.6 Å². The van der Waals surface area contributed by atoms with Gasteiger partial charge in [0.05, 0.1) is 0 Å². The van der Waals surface area contributed by atoms with Crippen LogP contribution >= 0.6 is 11.6 Å². The molecule has 0 aliphatic heterocycles. The van der Waals surface area contributed by atoms with E-state index in [9.17, 15) is 0 Å². The van der Waals surface area contributed by atoms with Crippen LogP contribution in [0.4, 0.5) is 11.8 Å². The van der Waals surface area contributed by atoms with E-state index in [-0.39, 0.29) is 5.95 Å². The van der Waals surface area contributed by atoms with Crippen molar-refractivity contribution in [3.05, 3.63) is 11.2 Å². The third-order valence-corrected chi connectivity index (χ3v) is 2.77. The maximum Gasteiger partial charge on any atom is 0.223 e. The van der Waals surface area contributed by atoms with Gasteiger partial charge >= 0.3 is 0 Å². The minimum atomic E-state index is 0.242. The molecule has 0 unspecified atom stereocenters. The molecular formula is C10H15ClN4. The van der Waals surface area contributed by atoms with E-state index in [0.717, 1.165) is 24.8 Å². The molecule has 15 heavy (non-hydrogen) atoms. The molecule has 0 spiro atoms. The molecule has 1 heterocycles. The van der Waals surface area contributed by atoms with E-state index >= 15 is 0 Å². The summed E-state index contributed by atoms with van der Waals surface area (Å²) in [6.45, 7) is 4.07. The first kappa shape index (κ1) is 10.5. The first-order chi connectivity index (χ1) is 7.19. The normalized spacial score (nSPS) is 15.3. The first-order valence-corrected chi connectivity index (χ1v) is 5.62. The number of nitrogens with two attached hydrogens (primary N) is 1. The molecule has 2 N–H and O–H groups in total. The summed E-state index contributed by atoms with van der Waals surface area (Å²) < 4.78 is 0. The van der Waals surface area contributed by atoms with Gasteiger partial charge in [0, 0.05) is 19.2 Å². The Kier molecular flexibility index (Phi) is 2.95. The fraction of sp³-hybridized carbons (Fsp3) is 0.600. The first-order valence-electron chi connectivity index (χ1n) is 5.24. The molecule has 1 aromatic rings. The lowest BCUT2D eigenvalue weighted by molar-refractivity contribution is 0.731. The van der Waals surface area contributed by atoms with E-state index in [1.165, 1.54) is 12.8 Å². The Bertz CT molecular complexity index is 331. The average Bonchev–Trinajstić information content (AvgIpc) is 2.96. The van der Waals surface area contributed by atoms with Crippen LogP contribution in [-0.2, 0) is 0 Å². The highest BCUT2D eigenvalue weighted by Crippen LogP contribution is 2.31. The van der Waals surface area contributed by atoms with Gasteiger partial charge in [0.1, 0.15) is 11.0 Å². The lowest BCUT2D eigenvalue weighted by Gasteiger charge is -2.21. The SMILES string of the molecule is CCN(CC1CC1)c1cc(Cl)nc(N)n1. The Balaban J connectivity index is 2.16. The summed E-state index contributed by atoms with van der Waals surface area (Å²) in [6.07, 6.45) is 2.65. The molecule has 1 fully saturated rings. The number of hydrogen-bond acceptors (Lipinski definition) is 4. The highest BCUT2D eigenvalue weighted by atomic mass is 35.5. The number of rotatable bonds is 4. The second-order valence-electron chi connectivity index (χ2n) is 3.89. The zero-order valence-electron chi connectivity index (χ0n) is 8.78. The minimum Gasteiger partial charge on any atom is -0.368 e. The summed E-state index contributed by atoms with van der Waals surface area (Å²) in [6, 6.07) is 1.77. The van der Waals surface area contributed by atoms with E-state index in [1.807, 2.05) is 0 Å². The van der Waals surface area contributed by atoms with Crippen LogP contribution in [0.15, 0.2) is 6.07 Å². The van der Waals surface area contributed by atoms with Gasteiger partial charge in [-0.15, -0.1) is 0 Å². The van der Waals surface area contributed by atoms with Gasteiger partial charge in [-0.3, -0.25) is 0 Å². The van der Waals surface area contributed by atoms with Gasteiger partial charge in [0.2, 0.25) is 5.95 Å². The molecule has 0 saturated heterocycles. The van der Waals surface area contributed by atoms with Crippen LogP contribution in [-0.4, -0.2) is 23.1 Å². The average molecular weight is 227 g/mol. The quantitative estimate of drug-likeness (QED) is 0.798. The largest absolute Gasteiger partial charge is 0.368 e. The molecule has 0 atom stereocenters. The van der Waals surface area contributed by atoms with Gasteiger partial charge in [0.15, 0.2) is 0 Å². The van der Waals surface area contributed by atoms with Gasteiger partial charge in [0.25, 0.3) is 0 Å². The molecule has 4 nitrogen and oxygen atoms in total. The predicted molar refractivity (Wildman–Crippen MR) is 62.1 cm³/mol. The molecule has 82 valence electrons. The Morgan fingerprint density at radius 2 is 2.27 bits per heavy atom. The monoisotopic (exact) mass is 226 g/mol. The predicted octanol–water partition coefficient (Wildman–Crippen LogP) is 1.95. The molecule has 1 aromatic heterocycles. The molecular weight excluding hydrogens is 212 g/mol. The van der Waals surface area contributed by atoms with Crippen LogP contribution in [0.25, 0.3) is 0 Å². The van der Waals surface area contributed by atoms with Crippen molar-refractivity contribution in [1.82, 2.24) is 9.97 Å². The number of halogens is 1. The second kappa shape index (κ2) is 4.23. The van der Waals surface area contributed by atoms with Crippen LogP contribution in [0.3, 0.4) is 0 Å². The second-order valence-corrected chi connectivity index (χ2v) is 4.28. The minimum absolute atomic E-state index is 0.242. The highest BCUT2D eigenvalue weighted by Gasteiger charge is 2.24. The Labute approximate surface area is 94.5 Å². The van der Waals surface area contributed by atoms with Crippen molar-refractivity contribution in [2.75, 3.05) is 23.7 Å². The molecule has 1 aliphatic carbocycles. The Hall–Kier alpha value is -1.03. The van der Waals surface area contributed by atoms with Crippen LogP contribution in [0.5, 0.6) is 0 Å². The van der Waals surface area contributed by atoms with E-state index in [4.69, 9.17) is 17.3 Å². The highest BCUT2D eigenvalue weighted by molar-refractivity contribution is 6.29. The topological polar surface area (TPSA) is 55.0 Å². The molecule has 0 radical (unpaired) electrons. The molecule has 1 aliphatic rings. The summed E-state index contributed by atoms with van der Waals surface area (Å²) >= 11 is 5.85. The maximum absolute atomic E-state index is 5.85. The number of anilines is 2. The summed E-state index contributed by atoms with van der Waals surface area (Å²) in [5, 5.41) is 0.409. The molecule has 0 aromatic carbocycles. The third-order valence-electron chi connectivity index (χ3n) is 2.58. The summed E-state index contributed by atoms with van der Waals surface area (Å²) in [4.78, 5) is 10.2. The van der Waals surface area contributed by atoms with Crippen molar-refractivity contribution in [2.24, 2.45) is 5.92 Å². The smallest absolute Gasteiger partial charge is 0.223 e. The number of nitrogen functional groups attached to an aromatic ring is 1. The lowest BCUT2D eigenvalue weighted by atomic mass is 10.3. The fourth-order valence-electron chi connectivity index (χ4n) is 1.58. The number of nitrogens with zero attached hydrogens (tertiary/aromatic N) is 3. The van der Waals surface area contributed by atoms with Crippen LogP contribution in [0, 0.1) is 5.92 Å². The van der Waals surface area contributed by atoms with E-state index in [2.05, 4.69) is 21.8 Å². The standard InChI is InChI=1S/C10H15ClN4/c1-2-15(6-7-3-4-7)9-5-8(11)13-10(12)14-9/h5,7H,2-4,6H2,1H3,(H2,12,13,14). The zero-order chi connectivity index (χ0) is 10.8. The van der Waals surface area contributed by atoms with Crippen LogP contribution in [0.2, 0.25) is 5.15 Å².